The van der Waals surface area contributed by atoms with Crippen LogP contribution < -0.4 is 0 Å². The van der Waals surface area contributed by atoms with Crippen molar-refractivity contribution >= 4 is 18.1 Å². The summed E-state index contributed by atoms with van der Waals surface area (Å²) in [5.74, 6) is 0.678. The van der Waals surface area contributed by atoms with E-state index in [1.165, 1.54) is 11.2 Å². The van der Waals surface area contributed by atoms with Crippen molar-refractivity contribution in [3.63, 3.8) is 0 Å². The number of nitrogens with zero attached hydrogens (tertiary/aromatic N) is 3. The number of aliphatic imine (C=N–C) groups is 2. The fourth-order valence-corrected chi connectivity index (χ4v) is 0.900. The summed E-state index contributed by atoms with van der Waals surface area (Å²) in [7, 11) is 1.69. The van der Waals surface area contributed by atoms with Gasteiger partial charge < -0.3 is 4.90 Å². The zero-order chi connectivity index (χ0) is 9.14. The number of rotatable bonds is 1. The normalized spacial score (nSPS) is 21.2. The van der Waals surface area contributed by atoms with Crippen LogP contribution in [0.2, 0.25) is 0 Å². The molecule has 0 aromatic heterocycles. The Bertz CT molecular complexity index is 243. The summed E-state index contributed by atoms with van der Waals surface area (Å²) in [5, 5.41) is 0. The summed E-state index contributed by atoms with van der Waals surface area (Å²) in [6.07, 6.45) is 1.83. The summed E-state index contributed by atoms with van der Waals surface area (Å²) in [6, 6.07) is 0.202. The molecule has 0 unspecified atom stereocenters. The zero-order valence-electron chi connectivity index (χ0n) is 7.61. The summed E-state index contributed by atoms with van der Waals surface area (Å²) >= 11 is 0. The Balaban J connectivity index is 2.73. The third kappa shape index (κ3) is 2.15. The highest BCUT2D eigenvalue weighted by Gasteiger charge is 2.15. The molecule has 1 aliphatic rings. The third-order valence-electron chi connectivity index (χ3n) is 1.49. The average Bonchev–Trinajstić information content (AvgIpc) is 1.96. The molecule has 66 valence electrons. The first-order chi connectivity index (χ1) is 5.59. The number of amidine groups is 1. The fraction of sp³-hybridized carbons (Fsp3) is 0.625. The predicted molar refractivity (Wildman–Crippen MR) is 48.5 cm³/mol. The number of amides is 1. The van der Waals surface area contributed by atoms with Gasteiger partial charge in [-0.05, 0) is 13.8 Å². The highest BCUT2D eigenvalue weighted by Crippen LogP contribution is 2.02. The lowest BCUT2D eigenvalue weighted by Gasteiger charge is -2.16. The Morgan fingerprint density at radius 2 is 2.33 bits per heavy atom. The second-order valence-electron chi connectivity index (χ2n) is 3.07. The van der Waals surface area contributed by atoms with Gasteiger partial charge in [-0.1, -0.05) is 0 Å². The van der Waals surface area contributed by atoms with Crippen molar-refractivity contribution in [1.29, 1.82) is 0 Å². The molecule has 1 aliphatic heterocycles. The van der Waals surface area contributed by atoms with Crippen molar-refractivity contribution in [2.45, 2.75) is 26.3 Å². The van der Waals surface area contributed by atoms with Crippen LogP contribution in [0.4, 0.5) is 0 Å². The Morgan fingerprint density at radius 3 is 2.83 bits per heavy atom. The summed E-state index contributed by atoms with van der Waals surface area (Å²) in [6.45, 7) is 3.93. The minimum Gasteiger partial charge on any atom is -0.306 e. The number of carbonyl (C=O) groups excluding carboxylic acids is 1. The van der Waals surface area contributed by atoms with Crippen LogP contribution >= 0.6 is 0 Å². The molecule has 0 spiro atoms. The molecule has 1 amide bonds. The molecule has 0 radical (unpaired) electrons. The van der Waals surface area contributed by atoms with Crippen LogP contribution in [0.15, 0.2) is 9.98 Å². The first-order valence-corrected chi connectivity index (χ1v) is 3.96. The van der Waals surface area contributed by atoms with Gasteiger partial charge in [0.2, 0.25) is 5.91 Å². The highest BCUT2D eigenvalue weighted by molar-refractivity contribution is 6.09. The standard InChI is InChI=1S/C8H13N3O/c1-6(2)10-7-4-8(12)11(3)5-9-7/h5-6H,4H2,1-3H3. The van der Waals surface area contributed by atoms with Gasteiger partial charge >= 0.3 is 0 Å². The van der Waals surface area contributed by atoms with E-state index in [9.17, 15) is 4.79 Å². The molecule has 1 heterocycles. The van der Waals surface area contributed by atoms with E-state index in [0.717, 1.165) is 0 Å². The van der Waals surface area contributed by atoms with E-state index < -0.39 is 0 Å². The second kappa shape index (κ2) is 3.47. The quantitative estimate of drug-likeness (QED) is 0.566. The van der Waals surface area contributed by atoms with Crippen molar-refractivity contribution in [2.75, 3.05) is 7.05 Å². The average molecular weight is 167 g/mol. The molecule has 12 heavy (non-hydrogen) atoms. The molecule has 0 N–H and O–H groups in total. The third-order valence-corrected chi connectivity index (χ3v) is 1.49. The molecular weight excluding hydrogens is 154 g/mol. The molecule has 0 saturated heterocycles. The minimum atomic E-state index is 0.0457. The van der Waals surface area contributed by atoms with E-state index in [2.05, 4.69) is 9.98 Å². The molecule has 4 nitrogen and oxygen atoms in total. The number of carbonyl (C=O) groups is 1. The first-order valence-electron chi connectivity index (χ1n) is 3.96. The zero-order valence-corrected chi connectivity index (χ0v) is 7.61. The monoisotopic (exact) mass is 167 g/mol. The fourth-order valence-electron chi connectivity index (χ4n) is 0.900. The van der Waals surface area contributed by atoms with Crippen molar-refractivity contribution in [3.05, 3.63) is 0 Å². The first kappa shape index (κ1) is 8.90. The smallest absolute Gasteiger partial charge is 0.235 e. The second-order valence-corrected chi connectivity index (χ2v) is 3.07. The van der Waals surface area contributed by atoms with E-state index in [0.29, 0.717) is 12.3 Å². The maximum atomic E-state index is 11.1. The summed E-state index contributed by atoms with van der Waals surface area (Å²) in [5.41, 5.74) is 0. The van der Waals surface area contributed by atoms with Crippen LogP contribution in [0.1, 0.15) is 20.3 Å². The van der Waals surface area contributed by atoms with Gasteiger partial charge in [0.05, 0.1) is 12.8 Å². The Kier molecular flexibility index (Phi) is 2.58. The number of hydrogen-bond donors (Lipinski definition) is 0. The van der Waals surface area contributed by atoms with Gasteiger partial charge in [-0.15, -0.1) is 0 Å². The van der Waals surface area contributed by atoms with Gasteiger partial charge in [-0.25, -0.2) is 4.99 Å². The van der Waals surface area contributed by atoms with E-state index in [4.69, 9.17) is 0 Å². The van der Waals surface area contributed by atoms with Crippen molar-refractivity contribution in [2.24, 2.45) is 9.98 Å². The van der Waals surface area contributed by atoms with Crippen LogP contribution in [0.25, 0.3) is 0 Å². The van der Waals surface area contributed by atoms with Gasteiger partial charge in [0.1, 0.15) is 5.84 Å². The van der Waals surface area contributed by atoms with Crippen molar-refractivity contribution in [1.82, 2.24) is 4.90 Å². The largest absolute Gasteiger partial charge is 0.306 e. The topological polar surface area (TPSA) is 45.0 Å². The molecule has 0 bridgehead atoms. The van der Waals surface area contributed by atoms with Gasteiger partial charge in [-0.3, -0.25) is 9.79 Å². The molecule has 0 aromatic rings. The summed E-state index contributed by atoms with van der Waals surface area (Å²) in [4.78, 5) is 20.8. The molecular formula is C8H13N3O. The molecule has 0 aliphatic carbocycles. The molecule has 0 atom stereocenters. The van der Waals surface area contributed by atoms with Crippen molar-refractivity contribution in [3.8, 4) is 0 Å². The maximum Gasteiger partial charge on any atom is 0.235 e. The molecule has 1 rings (SSSR count). The SMILES string of the molecule is CC(C)N=C1CC(=O)N(C)C=N1. The van der Waals surface area contributed by atoms with Crippen LogP contribution in [0.3, 0.4) is 0 Å². The van der Waals surface area contributed by atoms with Gasteiger partial charge in [0.25, 0.3) is 0 Å². The Morgan fingerprint density at radius 1 is 1.67 bits per heavy atom. The predicted octanol–water partition coefficient (Wildman–Crippen LogP) is 0.684. The van der Waals surface area contributed by atoms with Crippen LogP contribution in [0, 0.1) is 0 Å². The Labute approximate surface area is 72.0 Å². The molecule has 0 aromatic carbocycles. The lowest BCUT2D eigenvalue weighted by Crippen LogP contribution is -2.31. The number of hydrogen-bond acceptors (Lipinski definition) is 2. The van der Waals surface area contributed by atoms with Gasteiger partial charge in [0, 0.05) is 13.1 Å². The summed E-state index contributed by atoms with van der Waals surface area (Å²) < 4.78 is 0. The minimum absolute atomic E-state index is 0.0457. The Hall–Kier alpha value is -1.19. The maximum absolute atomic E-state index is 11.1. The highest BCUT2D eigenvalue weighted by atomic mass is 16.2. The van der Waals surface area contributed by atoms with Gasteiger partial charge in [0.15, 0.2) is 0 Å². The van der Waals surface area contributed by atoms with Crippen LogP contribution in [0.5, 0.6) is 0 Å². The lowest BCUT2D eigenvalue weighted by molar-refractivity contribution is -0.125. The van der Waals surface area contributed by atoms with E-state index in [1.54, 1.807) is 7.05 Å². The molecule has 4 heteroatoms. The van der Waals surface area contributed by atoms with Crippen LogP contribution in [-0.2, 0) is 4.79 Å². The molecule has 0 saturated carbocycles. The molecule has 0 fully saturated rings. The van der Waals surface area contributed by atoms with E-state index in [1.807, 2.05) is 13.8 Å². The van der Waals surface area contributed by atoms with Crippen molar-refractivity contribution < 1.29 is 4.79 Å². The van der Waals surface area contributed by atoms with E-state index >= 15 is 0 Å². The van der Waals surface area contributed by atoms with Crippen LogP contribution in [-0.4, -0.2) is 36.1 Å². The lowest BCUT2D eigenvalue weighted by atomic mass is 10.3. The van der Waals surface area contributed by atoms with E-state index in [-0.39, 0.29) is 11.9 Å². The van der Waals surface area contributed by atoms with Gasteiger partial charge in [-0.2, -0.15) is 0 Å².